The topological polar surface area (TPSA) is 60.0 Å². The molecular weight excluding hydrogens is 491 g/mol. The molecule has 3 rings (SSSR count). The molecule has 1 saturated heterocycles. The third-order valence-electron chi connectivity index (χ3n) is 6.01. The zero-order valence-corrected chi connectivity index (χ0v) is 21.4. The van der Waals surface area contributed by atoms with Crippen LogP contribution in [0.15, 0.2) is 59.9 Å². The lowest BCUT2D eigenvalue weighted by Gasteiger charge is -2.36. The first kappa shape index (κ1) is 27.5. The molecule has 2 N–H and O–H groups in total. The van der Waals surface area contributed by atoms with Gasteiger partial charge in [0.2, 0.25) is 0 Å². The molecule has 1 fully saturated rings. The summed E-state index contributed by atoms with van der Waals surface area (Å²) in [5.41, 5.74) is 0.795. The summed E-state index contributed by atoms with van der Waals surface area (Å²) in [6.45, 7) is 13.0. The Balaban J connectivity index is 1.81. The van der Waals surface area contributed by atoms with Gasteiger partial charge in [0.1, 0.15) is 11.0 Å². The van der Waals surface area contributed by atoms with E-state index >= 15 is 0 Å². The maximum absolute atomic E-state index is 13.7. The standard InChI is InChI=1S/C26H31ClF3N5O/c1-5-34-9-11-35(12-10-34)24-15-21(13-22(16-24)26(28,29)30)25(36)33-23-8-6-7-20(14-23)17(2)31-19(4)32-18(3)27/h6-8,13-17,31H,4-5,9-12H2,1-3H3,(H,33,36). The molecule has 2 aromatic carbocycles. The second-order valence-corrected chi connectivity index (χ2v) is 9.24. The summed E-state index contributed by atoms with van der Waals surface area (Å²) in [5, 5.41) is 6.18. The average molecular weight is 522 g/mol. The molecule has 10 heteroatoms. The Hall–Kier alpha value is -3.04. The number of aliphatic imine (C=N–C) groups is 1. The lowest BCUT2D eigenvalue weighted by Crippen LogP contribution is -2.46. The van der Waals surface area contributed by atoms with Crippen molar-refractivity contribution < 1.29 is 18.0 Å². The first-order valence-corrected chi connectivity index (χ1v) is 12.1. The van der Waals surface area contributed by atoms with Crippen molar-refractivity contribution in [1.29, 1.82) is 0 Å². The SMILES string of the molecule is C=C(N=C(C)Cl)NC(C)c1cccc(NC(=O)c2cc(N3CCN(CC)CC3)cc(C(F)(F)F)c2)c1. The third-order valence-corrected chi connectivity index (χ3v) is 6.09. The molecule has 6 nitrogen and oxygen atoms in total. The van der Waals surface area contributed by atoms with Gasteiger partial charge in [0.05, 0.1) is 5.56 Å². The monoisotopic (exact) mass is 521 g/mol. The van der Waals surface area contributed by atoms with E-state index in [1.54, 1.807) is 25.1 Å². The van der Waals surface area contributed by atoms with E-state index in [1.165, 1.54) is 6.07 Å². The second-order valence-electron chi connectivity index (χ2n) is 8.69. The predicted octanol–water partition coefficient (Wildman–Crippen LogP) is 5.88. The van der Waals surface area contributed by atoms with Crippen LogP contribution in [0.2, 0.25) is 0 Å². The minimum Gasteiger partial charge on any atom is -0.369 e. The number of benzene rings is 2. The van der Waals surface area contributed by atoms with E-state index in [1.807, 2.05) is 17.9 Å². The van der Waals surface area contributed by atoms with E-state index in [4.69, 9.17) is 11.6 Å². The largest absolute Gasteiger partial charge is 0.416 e. The molecule has 1 aliphatic rings. The highest BCUT2D eigenvalue weighted by Gasteiger charge is 2.32. The van der Waals surface area contributed by atoms with Gasteiger partial charge < -0.3 is 20.4 Å². The number of amides is 1. The minimum atomic E-state index is -4.57. The van der Waals surface area contributed by atoms with Gasteiger partial charge in [-0.3, -0.25) is 4.79 Å². The fourth-order valence-electron chi connectivity index (χ4n) is 4.05. The number of nitrogens with zero attached hydrogens (tertiary/aromatic N) is 3. The van der Waals surface area contributed by atoms with Crippen LogP contribution < -0.4 is 15.5 Å². The van der Waals surface area contributed by atoms with Gasteiger partial charge in [-0.1, -0.05) is 37.2 Å². The maximum atomic E-state index is 13.7. The number of carbonyl (C=O) groups is 1. The average Bonchev–Trinajstić information content (AvgIpc) is 2.83. The molecular formula is C26H31ClF3N5O. The summed E-state index contributed by atoms with van der Waals surface area (Å²) in [6.07, 6.45) is -4.57. The van der Waals surface area contributed by atoms with Crippen LogP contribution in [0, 0.1) is 0 Å². The zero-order valence-electron chi connectivity index (χ0n) is 20.6. The van der Waals surface area contributed by atoms with Gasteiger partial charge >= 0.3 is 6.18 Å². The van der Waals surface area contributed by atoms with Crippen molar-refractivity contribution >= 4 is 34.1 Å². The molecule has 0 saturated carbocycles. The number of alkyl halides is 3. The Bertz CT molecular complexity index is 1120. The van der Waals surface area contributed by atoms with E-state index in [0.717, 1.165) is 37.3 Å². The molecule has 0 radical (unpaired) electrons. The van der Waals surface area contributed by atoms with Gasteiger partial charge in [-0.15, -0.1) is 0 Å². The quantitative estimate of drug-likeness (QED) is 0.426. The summed E-state index contributed by atoms with van der Waals surface area (Å²) < 4.78 is 41.0. The number of hydrogen-bond acceptors (Lipinski definition) is 5. The van der Waals surface area contributed by atoms with Crippen LogP contribution in [0.5, 0.6) is 0 Å². The number of likely N-dealkylation sites (N-methyl/N-ethyl adjacent to an activating group) is 1. The van der Waals surface area contributed by atoms with Gasteiger partial charge in [0, 0.05) is 49.2 Å². The Labute approximate surface area is 214 Å². The first-order valence-electron chi connectivity index (χ1n) is 11.7. The zero-order chi connectivity index (χ0) is 26.5. The maximum Gasteiger partial charge on any atom is 0.416 e. The Morgan fingerprint density at radius 1 is 1.17 bits per heavy atom. The van der Waals surface area contributed by atoms with Gasteiger partial charge in [-0.2, -0.15) is 13.2 Å². The van der Waals surface area contributed by atoms with Crippen LogP contribution in [-0.4, -0.2) is 48.7 Å². The van der Waals surface area contributed by atoms with Crippen LogP contribution in [0.1, 0.15) is 48.3 Å². The van der Waals surface area contributed by atoms with E-state index < -0.39 is 17.6 Å². The lowest BCUT2D eigenvalue weighted by molar-refractivity contribution is -0.137. The van der Waals surface area contributed by atoms with Crippen molar-refractivity contribution in [2.75, 3.05) is 42.9 Å². The fourth-order valence-corrected chi connectivity index (χ4v) is 4.15. The number of piperazine rings is 1. The number of hydrogen-bond donors (Lipinski definition) is 2. The van der Waals surface area contributed by atoms with Crippen LogP contribution in [-0.2, 0) is 6.18 Å². The molecule has 0 bridgehead atoms. The van der Waals surface area contributed by atoms with E-state index in [2.05, 4.69) is 34.0 Å². The van der Waals surface area contributed by atoms with E-state index in [0.29, 0.717) is 35.5 Å². The number of rotatable bonds is 8. The third kappa shape index (κ3) is 7.48. The van der Waals surface area contributed by atoms with Crippen LogP contribution in [0.3, 0.4) is 0 Å². The van der Waals surface area contributed by atoms with Gasteiger partial charge in [0.25, 0.3) is 5.91 Å². The summed E-state index contributed by atoms with van der Waals surface area (Å²) in [4.78, 5) is 21.2. The molecule has 1 atom stereocenters. The number of anilines is 2. The molecule has 1 unspecified atom stereocenters. The van der Waals surface area contributed by atoms with E-state index in [9.17, 15) is 18.0 Å². The Morgan fingerprint density at radius 3 is 2.47 bits per heavy atom. The number of carbonyl (C=O) groups excluding carboxylic acids is 1. The highest BCUT2D eigenvalue weighted by molar-refractivity contribution is 6.64. The first-order chi connectivity index (χ1) is 17.0. The van der Waals surface area contributed by atoms with Gasteiger partial charge in [-0.25, -0.2) is 4.99 Å². The van der Waals surface area contributed by atoms with Crippen molar-refractivity contribution in [3.05, 3.63) is 71.6 Å². The molecule has 36 heavy (non-hydrogen) atoms. The Kier molecular flexibility index (Phi) is 9.03. The highest BCUT2D eigenvalue weighted by atomic mass is 35.5. The number of nitrogens with one attached hydrogen (secondary N) is 2. The fraction of sp³-hybridized carbons (Fsp3) is 0.385. The van der Waals surface area contributed by atoms with E-state index in [-0.39, 0.29) is 11.6 Å². The van der Waals surface area contributed by atoms with Crippen molar-refractivity contribution in [2.45, 2.75) is 33.0 Å². The summed E-state index contributed by atoms with van der Waals surface area (Å²) in [5.74, 6) is -0.222. The summed E-state index contributed by atoms with van der Waals surface area (Å²) in [6, 6.07) is 10.4. The Morgan fingerprint density at radius 2 is 1.86 bits per heavy atom. The van der Waals surface area contributed by atoms with Gasteiger partial charge in [0.15, 0.2) is 0 Å². The number of halogens is 4. The van der Waals surface area contributed by atoms with Crippen molar-refractivity contribution in [2.24, 2.45) is 4.99 Å². The molecule has 1 aliphatic heterocycles. The summed E-state index contributed by atoms with van der Waals surface area (Å²) >= 11 is 5.78. The molecule has 0 aliphatic carbocycles. The van der Waals surface area contributed by atoms with Crippen molar-refractivity contribution in [3.8, 4) is 0 Å². The second kappa shape index (κ2) is 11.8. The minimum absolute atomic E-state index is 0.0466. The van der Waals surface area contributed by atoms with Crippen LogP contribution in [0.4, 0.5) is 24.5 Å². The summed E-state index contributed by atoms with van der Waals surface area (Å²) in [7, 11) is 0. The molecule has 194 valence electrons. The van der Waals surface area contributed by atoms with Crippen molar-refractivity contribution in [1.82, 2.24) is 10.2 Å². The van der Waals surface area contributed by atoms with Crippen LogP contribution >= 0.6 is 11.6 Å². The van der Waals surface area contributed by atoms with Gasteiger partial charge in [-0.05, 0) is 56.3 Å². The lowest BCUT2D eigenvalue weighted by atomic mass is 10.1. The van der Waals surface area contributed by atoms with Crippen LogP contribution in [0.25, 0.3) is 0 Å². The highest BCUT2D eigenvalue weighted by Crippen LogP contribution is 2.33. The predicted molar refractivity (Wildman–Crippen MR) is 140 cm³/mol. The molecule has 0 aromatic heterocycles. The molecule has 1 amide bonds. The molecule has 1 heterocycles. The van der Waals surface area contributed by atoms with Crippen molar-refractivity contribution in [3.63, 3.8) is 0 Å². The smallest absolute Gasteiger partial charge is 0.369 e. The molecule has 0 spiro atoms. The normalized spacial score (nSPS) is 16.0. The molecule has 2 aromatic rings.